The van der Waals surface area contributed by atoms with Crippen LogP contribution in [0.15, 0.2) is 0 Å². The molecular formula is C14H28N4O3. The zero-order valence-electron chi connectivity index (χ0n) is 13.1. The quantitative estimate of drug-likeness (QED) is 0.249. The summed E-state index contributed by atoms with van der Waals surface area (Å²) in [5.41, 5.74) is 2.13. The van der Waals surface area contributed by atoms with Gasteiger partial charge in [-0.15, -0.1) is 0 Å². The number of rotatable bonds is 8. The van der Waals surface area contributed by atoms with Gasteiger partial charge in [0.25, 0.3) is 0 Å². The van der Waals surface area contributed by atoms with Crippen LogP contribution in [0.4, 0.5) is 0 Å². The smallest absolute Gasteiger partial charge is 0.239 e. The highest BCUT2D eigenvalue weighted by Crippen LogP contribution is 2.10. The van der Waals surface area contributed by atoms with Crippen molar-refractivity contribution in [3.05, 3.63) is 0 Å². The first-order chi connectivity index (χ1) is 10.0. The van der Waals surface area contributed by atoms with Crippen molar-refractivity contribution in [3.63, 3.8) is 0 Å². The second-order valence-electron chi connectivity index (χ2n) is 5.67. The molecule has 0 aromatic heterocycles. The number of morpholine rings is 1. The average molecular weight is 300 g/mol. The molecule has 7 heteroatoms. The van der Waals surface area contributed by atoms with Crippen LogP contribution >= 0.6 is 0 Å². The molecule has 1 atom stereocenters. The lowest BCUT2D eigenvalue weighted by molar-refractivity contribution is -0.133. The molecule has 1 heterocycles. The van der Waals surface area contributed by atoms with E-state index >= 15 is 0 Å². The topological polar surface area (TPSA) is 96.7 Å². The molecule has 0 aromatic rings. The Morgan fingerprint density at radius 2 is 2.10 bits per heavy atom. The summed E-state index contributed by atoms with van der Waals surface area (Å²) in [6.07, 6.45) is 3.18. The highest BCUT2D eigenvalue weighted by molar-refractivity contribution is 5.82. The number of nitrogens with two attached hydrogens (primary N) is 1. The van der Waals surface area contributed by atoms with Gasteiger partial charge in [-0.2, -0.15) is 0 Å². The third-order valence-electron chi connectivity index (χ3n) is 3.48. The number of unbranched alkanes of at least 4 members (excludes halogenated alkanes) is 2. The fraction of sp³-hybridized carbons (Fsp3) is 0.857. The number of carbonyl (C=O) groups is 2. The van der Waals surface area contributed by atoms with Gasteiger partial charge in [0, 0.05) is 19.0 Å². The summed E-state index contributed by atoms with van der Waals surface area (Å²) >= 11 is 0. The lowest BCUT2D eigenvalue weighted by Gasteiger charge is -2.34. The third kappa shape index (κ3) is 6.88. The molecular weight excluding hydrogens is 272 g/mol. The number of hydrazine groups is 1. The first-order valence-corrected chi connectivity index (χ1v) is 7.66. The molecule has 21 heavy (non-hydrogen) atoms. The Kier molecular flexibility index (Phi) is 8.26. The first kappa shape index (κ1) is 17.9. The highest BCUT2D eigenvalue weighted by Gasteiger charge is 2.29. The SMILES string of the molecule is CC(C)NC(=O)C1COCCN1CCCCCC(=O)NN. The van der Waals surface area contributed by atoms with Crippen molar-refractivity contribution < 1.29 is 14.3 Å². The van der Waals surface area contributed by atoms with E-state index in [0.29, 0.717) is 19.6 Å². The van der Waals surface area contributed by atoms with E-state index < -0.39 is 0 Å². The van der Waals surface area contributed by atoms with Gasteiger partial charge in [0.1, 0.15) is 6.04 Å². The number of hydrogen-bond donors (Lipinski definition) is 3. The van der Waals surface area contributed by atoms with Gasteiger partial charge in [-0.1, -0.05) is 6.42 Å². The Morgan fingerprint density at radius 3 is 2.76 bits per heavy atom. The van der Waals surface area contributed by atoms with E-state index in [4.69, 9.17) is 10.6 Å². The van der Waals surface area contributed by atoms with Crippen LogP contribution in [0.25, 0.3) is 0 Å². The predicted molar refractivity (Wildman–Crippen MR) is 80.3 cm³/mol. The molecule has 122 valence electrons. The van der Waals surface area contributed by atoms with Crippen LogP contribution < -0.4 is 16.6 Å². The van der Waals surface area contributed by atoms with Crippen molar-refractivity contribution in [2.75, 3.05) is 26.3 Å². The van der Waals surface area contributed by atoms with Crippen LogP contribution in [-0.2, 0) is 14.3 Å². The van der Waals surface area contributed by atoms with Crippen molar-refractivity contribution in [2.24, 2.45) is 5.84 Å². The zero-order valence-corrected chi connectivity index (χ0v) is 13.1. The van der Waals surface area contributed by atoms with Crippen LogP contribution in [0.3, 0.4) is 0 Å². The van der Waals surface area contributed by atoms with E-state index in [1.54, 1.807) is 0 Å². The monoisotopic (exact) mass is 300 g/mol. The summed E-state index contributed by atoms with van der Waals surface area (Å²) in [4.78, 5) is 25.3. The zero-order chi connectivity index (χ0) is 15.7. The number of nitrogens with zero attached hydrogens (tertiary/aromatic N) is 1. The molecule has 0 spiro atoms. The Hall–Kier alpha value is -1.18. The van der Waals surface area contributed by atoms with Crippen LogP contribution in [0, 0.1) is 0 Å². The standard InChI is InChI=1S/C14H28N4O3/c1-11(2)16-14(20)12-10-21-9-8-18(12)7-5-3-4-6-13(19)17-15/h11-12H,3-10,15H2,1-2H3,(H,16,20)(H,17,19). The minimum atomic E-state index is -0.200. The van der Waals surface area contributed by atoms with Crippen molar-refractivity contribution in [3.8, 4) is 0 Å². The molecule has 0 saturated carbocycles. The third-order valence-corrected chi connectivity index (χ3v) is 3.48. The molecule has 1 fully saturated rings. The molecule has 1 rings (SSSR count). The molecule has 1 aliphatic heterocycles. The van der Waals surface area contributed by atoms with Crippen molar-refractivity contribution >= 4 is 11.8 Å². The molecule has 1 aliphatic rings. The Morgan fingerprint density at radius 1 is 1.33 bits per heavy atom. The fourth-order valence-corrected chi connectivity index (χ4v) is 2.38. The van der Waals surface area contributed by atoms with Gasteiger partial charge in [-0.3, -0.25) is 19.9 Å². The maximum Gasteiger partial charge on any atom is 0.239 e. The molecule has 0 bridgehead atoms. The van der Waals surface area contributed by atoms with Gasteiger partial charge in [0.2, 0.25) is 11.8 Å². The van der Waals surface area contributed by atoms with E-state index in [2.05, 4.69) is 15.6 Å². The summed E-state index contributed by atoms with van der Waals surface area (Å²) in [6, 6.07) is -0.0652. The average Bonchev–Trinajstić information content (AvgIpc) is 2.46. The van der Waals surface area contributed by atoms with Gasteiger partial charge in [0.05, 0.1) is 13.2 Å². The molecule has 0 aliphatic carbocycles. The molecule has 7 nitrogen and oxygen atoms in total. The van der Waals surface area contributed by atoms with Crippen molar-refractivity contribution in [1.82, 2.24) is 15.6 Å². The minimum absolute atomic E-state index is 0.0345. The number of nitrogens with one attached hydrogen (secondary N) is 2. The predicted octanol–water partition coefficient (Wildman–Crippen LogP) is -0.238. The molecule has 4 N–H and O–H groups in total. The summed E-state index contributed by atoms with van der Waals surface area (Å²) in [7, 11) is 0. The maximum atomic E-state index is 12.1. The van der Waals surface area contributed by atoms with E-state index in [9.17, 15) is 9.59 Å². The molecule has 1 unspecified atom stereocenters. The second kappa shape index (κ2) is 9.70. The van der Waals surface area contributed by atoms with Crippen LogP contribution in [0.5, 0.6) is 0 Å². The lowest BCUT2D eigenvalue weighted by atomic mass is 10.1. The number of carbonyl (C=O) groups excluding carboxylic acids is 2. The number of ether oxygens (including phenoxy) is 1. The van der Waals surface area contributed by atoms with Crippen molar-refractivity contribution in [2.45, 2.75) is 51.6 Å². The Balaban J connectivity index is 2.29. The van der Waals surface area contributed by atoms with Crippen LogP contribution in [0.2, 0.25) is 0 Å². The van der Waals surface area contributed by atoms with Gasteiger partial charge in [-0.25, -0.2) is 5.84 Å². The molecule has 0 radical (unpaired) electrons. The fourth-order valence-electron chi connectivity index (χ4n) is 2.38. The summed E-state index contributed by atoms with van der Waals surface area (Å²) in [5.74, 6) is 4.93. The van der Waals surface area contributed by atoms with Crippen LogP contribution in [-0.4, -0.2) is 55.1 Å². The van der Waals surface area contributed by atoms with Gasteiger partial charge < -0.3 is 10.1 Å². The maximum absolute atomic E-state index is 12.1. The highest BCUT2D eigenvalue weighted by atomic mass is 16.5. The lowest BCUT2D eigenvalue weighted by Crippen LogP contribution is -2.55. The molecule has 2 amide bonds. The van der Waals surface area contributed by atoms with E-state index in [1.807, 2.05) is 13.8 Å². The molecule has 0 aromatic carbocycles. The van der Waals surface area contributed by atoms with E-state index in [0.717, 1.165) is 32.4 Å². The van der Waals surface area contributed by atoms with Gasteiger partial charge in [-0.05, 0) is 33.2 Å². The van der Waals surface area contributed by atoms with Gasteiger partial charge >= 0.3 is 0 Å². The number of amides is 2. The second-order valence-corrected chi connectivity index (χ2v) is 5.67. The Labute approximate surface area is 126 Å². The van der Waals surface area contributed by atoms with Crippen molar-refractivity contribution in [1.29, 1.82) is 0 Å². The number of hydrogen-bond acceptors (Lipinski definition) is 5. The first-order valence-electron chi connectivity index (χ1n) is 7.66. The Bertz CT molecular complexity index is 336. The largest absolute Gasteiger partial charge is 0.378 e. The van der Waals surface area contributed by atoms with E-state index in [-0.39, 0.29) is 23.9 Å². The normalized spacial score (nSPS) is 19.5. The summed E-state index contributed by atoms with van der Waals surface area (Å²) in [6.45, 7) is 6.65. The summed E-state index contributed by atoms with van der Waals surface area (Å²) < 4.78 is 5.42. The van der Waals surface area contributed by atoms with Crippen LogP contribution in [0.1, 0.15) is 39.5 Å². The minimum Gasteiger partial charge on any atom is -0.378 e. The van der Waals surface area contributed by atoms with Gasteiger partial charge in [0.15, 0.2) is 0 Å². The van der Waals surface area contributed by atoms with E-state index in [1.165, 1.54) is 0 Å². The summed E-state index contributed by atoms with van der Waals surface area (Å²) in [5, 5.41) is 2.94. The molecule has 1 saturated heterocycles.